The van der Waals surface area contributed by atoms with Crippen LogP contribution in [0.15, 0.2) is 24.5 Å². The maximum atomic E-state index is 13.1. The average Bonchev–Trinajstić information content (AvgIpc) is 3.54. The first-order valence-electron chi connectivity index (χ1n) is 11.3. The Morgan fingerprint density at radius 1 is 1.00 bits per heavy atom. The van der Waals surface area contributed by atoms with Crippen LogP contribution in [0.5, 0.6) is 0 Å². The predicted molar refractivity (Wildman–Crippen MR) is 118 cm³/mol. The fourth-order valence-electron chi connectivity index (χ4n) is 4.72. The van der Waals surface area contributed by atoms with Gasteiger partial charge in [0.15, 0.2) is 0 Å². The van der Waals surface area contributed by atoms with E-state index in [1.165, 1.54) is 24.0 Å². The minimum atomic E-state index is -0.201. The number of aromatic nitrogens is 2. The molecule has 2 aliphatic heterocycles. The lowest BCUT2D eigenvalue weighted by Crippen LogP contribution is -2.49. The smallest absolute Gasteiger partial charge is 0.255 e. The maximum absolute atomic E-state index is 13.1. The van der Waals surface area contributed by atoms with Crippen LogP contribution in [0, 0.1) is 13.8 Å². The molecule has 3 aliphatic rings. The van der Waals surface area contributed by atoms with E-state index in [1.54, 1.807) is 6.20 Å². The third kappa shape index (κ3) is 3.89. The zero-order valence-corrected chi connectivity index (χ0v) is 18.2. The van der Waals surface area contributed by atoms with E-state index in [9.17, 15) is 9.59 Å². The molecule has 1 atom stereocenters. The lowest BCUT2D eigenvalue weighted by Gasteiger charge is -2.36. The van der Waals surface area contributed by atoms with Gasteiger partial charge in [0.25, 0.3) is 5.91 Å². The molecule has 7 heteroatoms. The summed E-state index contributed by atoms with van der Waals surface area (Å²) in [4.78, 5) is 38.4. The van der Waals surface area contributed by atoms with Crippen molar-refractivity contribution < 1.29 is 9.59 Å². The molecule has 1 N–H and O–H groups in total. The number of carbonyl (C=O) groups excluding carboxylic acids is 2. The minimum absolute atomic E-state index is 0.0147. The molecule has 0 aromatic carbocycles. The predicted octanol–water partition coefficient (Wildman–Crippen LogP) is 2.54. The number of anilines is 1. The Balaban J connectivity index is 1.24. The van der Waals surface area contributed by atoms with Gasteiger partial charge >= 0.3 is 0 Å². The molecule has 2 amide bonds. The molecule has 0 spiro atoms. The van der Waals surface area contributed by atoms with Crippen LogP contribution in [-0.2, 0) is 4.79 Å². The van der Waals surface area contributed by atoms with Crippen LogP contribution in [0.3, 0.4) is 0 Å². The van der Waals surface area contributed by atoms with Gasteiger partial charge < -0.3 is 15.1 Å². The Hall–Kier alpha value is -2.96. The summed E-state index contributed by atoms with van der Waals surface area (Å²) >= 11 is 0. The van der Waals surface area contributed by atoms with Crippen LogP contribution in [0.4, 0.5) is 5.82 Å². The van der Waals surface area contributed by atoms with E-state index in [-0.39, 0.29) is 17.7 Å². The van der Waals surface area contributed by atoms with Gasteiger partial charge in [0.1, 0.15) is 5.82 Å². The highest BCUT2D eigenvalue weighted by molar-refractivity contribution is 5.95. The molecule has 31 heavy (non-hydrogen) atoms. The largest absolute Gasteiger partial charge is 0.355 e. The van der Waals surface area contributed by atoms with E-state index in [0.717, 1.165) is 36.6 Å². The molecule has 1 unspecified atom stereocenters. The highest BCUT2D eigenvalue weighted by atomic mass is 16.2. The molecule has 2 saturated heterocycles. The van der Waals surface area contributed by atoms with Crippen molar-refractivity contribution in [3.8, 4) is 0 Å². The fourth-order valence-corrected chi connectivity index (χ4v) is 4.72. The number of hydrogen-bond acceptors (Lipinski definition) is 5. The number of nitrogens with zero attached hydrogens (tertiary/aromatic N) is 4. The van der Waals surface area contributed by atoms with Crippen LogP contribution in [0.25, 0.3) is 0 Å². The summed E-state index contributed by atoms with van der Waals surface area (Å²) in [6.07, 6.45) is 7.00. The number of carbonyl (C=O) groups is 2. The zero-order chi connectivity index (χ0) is 21.5. The van der Waals surface area contributed by atoms with Gasteiger partial charge in [0.05, 0.1) is 17.2 Å². The molecule has 1 saturated carbocycles. The Kier molecular flexibility index (Phi) is 5.12. The van der Waals surface area contributed by atoms with Crippen LogP contribution < -0.4 is 10.2 Å². The van der Waals surface area contributed by atoms with Gasteiger partial charge in [-0.2, -0.15) is 0 Å². The Morgan fingerprint density at radius 2 is 1.77 bits per heavy atom. The van der Waals surface area contributed by atoms with Gasteiger partial charge in [0, 0.05) is 45.1 Å². The third-order valence-electron chi connectivity index (χ3n) is 6.76. The van der Waals surface area contributed by atoms with E-state index in [4.69, 9.17) is 4.98 Å². The number of nitrogens with one attached hydrogen (secondary N) is 1. The van der Waals surface area contributed by atoms with E-state index in [2.05, 4.69) is 28.2 Å². The van der Waals surface area contributed by atoms with Gasteiger partial charge in [-0.1, -0.05) is 6.07 Å². The molecule has 5 rings (SSSR count). The van der Waals surface area contributed by atoms with Gasteiger partial charge in [-0.25, -0.2) is 4.98 Å². The van der Waals surface area contributed by atoms with Crippen molar-refractivity contribution in [2.45, 2.75) is 44.9 Å². The summed E-state index contributed by atoms with van der Waals surface area (Å²) in [6.45, 7) is 7.62. The van der Waals surface area contributed by atoms with E-state index < -0.39 is 0 Å². The lowest BCUT2D eigenvalue weighted by atomic mass is 10.00. The van der Waals surface area contributed by atoms with Gasteiger partial charge in [-0.15, -0.1) is 0 Å². The topological polar surface area (TPSA) is 78.4 Å². The number of hydrogen-bond donors (Lipinski definition) is 1. The molecular weight excluding hydrogens is 390 g/mol. The molecule has 4 heterocycles. The van der Waals surface area contributed by atoms with Gasteiger partial charge in [-0.3, -0.25) is 14.6 Å². The van der Waals surface area contributed by atoms with Crippen molar-refractivity contribution in [2.75, 3.05) is 37.6 Å². The molecule has 2 aromatic rings. The van der Waals surface area contributed by atoms with E-state index >= 15 is 0 Å². The molecule has 2 aromatic heterocycles. The van der Waals surface area contributed by atoms with Gasteiger partial charge in [0.2, 0.25) is 5.91 Å². The van der Waals surface area contributed by atoms with Crippen molar-refractivity contribution in [1.82, 2.24) is 20.2 Å². The maximum Gasteiger partial charge on any atom is 0.255 e. The zero-order valence-electron chi connectivity index (χ0n) is 18.2. The van der Waals surface area contributed by atoms with Crippen molar-refractivity contribution in [1.29, 1.82) is 0 Å². The summed E-state index contributed by atoms with van der Waals surface area (Å²) in [5.41, 5.74) is 4.83. The SMILES string of the molecule is Cc1cc(C2CCNC2=O)ncc1C(=O)N1CCN(c2ncc(C3CC3)cc2C)CC1. The Labute approximate surface area is 182 Å². The van der Waals surface area contributed by atoms with E-state index in [0.29, 0.717) is 31.1 Å². The molecule has 0 bridgehead atoms. The number of piperazine rings is 1. The van der Waals surface area contributed by atoms with Gasteiger partial charge in [-0.05, 0) is 61.8 Å². The first kappa shape index (κ1) is 20.0. The third-order valence-corrected chi connectivity index (χ3v) is 6.76. The van der Waals surface area contributed by atoms with Crippen molar-refractivity contribution >= 4 is 17.6 Å². The van der Waals surface area contributed by atoms with Crippen molar-refractivity contribution in [3.05, 3.63) is 52.5 Å². The molecule has 0 radical (unpaired) electrons. The Bertz CT molecular complexity index is 1020. The second-order valence-electron chi connectivity index (χ2n) is 9.02. The summed E-state index contributed by atoms with van der Waals surface area (Å²) in [7, 11) is 0. The second-order valence-corrected chi connectivity index (χ2v) is 9.02. The summed E-state index contributed by atoms with van der Waals surface area (Å²) in [5, 5.41) is 2.85. The quantitative estimate of drug-likeness (QED) is 0.824. The number of amides is 2. The summed E-state index contributed by atoms with van der Waals surface area (Å²) < 4.78 is 0. The molecule has 1 aliphatic carbocycles. The lowest BCUT2D eigenvalue weighted by molar-refractivity contribution is -0.120. The second kappa shape index (κ2) is 7.94. The standard InChI is InChI=1S/C24H29N5O2/c1-15-12-21(19-5-6-25-23(19)30)26-14-20(15)24(31)29-9-7-28(8-10-29)22-16(2)11-18(13-27-22)17-3-4-17/h11-14,17,19H,3-10H2,1-2H3,(H,25,30). The highest BCUT2D eigenvalue weighted by Crippen LogP contribution is 2.40. The first-order valence-corrected chi connectivity index (χ1v) is 11.3. The number of pyridine rings is 2. The van der Waals surface area contributed by atoms with Crippen LogP contribution in [0.1, 0.15) is 63.8 Å². The molecule has 3 fully saturated rings. The first-order chi connectivity index (χ1) is 15.0. The highest BCUT2D eigenvalue weighted by Gasteiger charge is 2.29. The Morgan fingerprint density at radius 3 is 2.39 bits per heavy atom. The van der Waals surface area contributed by atoms with Crippen molar-refractivity contribution in [2.24, 2.45) is 0 Å². The van der Waals surface area contributed by atoms with Crippen LogP contribution >= 0.6 is 0 Å². The number of aryl methyl sites for hydroxylation is 2. The van der Waals surface area contributed by atoms with Crippen molar-refractivity contribution in [3.63, 3.8) is 0 Å². The summed E-state index contributed by atoms with van der Waals surface area (Å²) in [6, 6.07) is 4.17. The van der Waals surface area contributed by atoms with Crippen LogP contribution in [-0.4, -0.2) is 59.4 Å². The summed E-state index contributed by atoms with van der Waals surface area (Å²) in [5.74, 6) is 1.58. The average molecular weight is 420 g/mol. The fraction of sp³-hybridized carbons (Fsp3) is 0.500. The monoisotopic (exact) mass is 419 g/mol. The molecule has 162 valence electrons. The minimum Gasteiger partial charge on any atom is -0.355 e. The van der Waals surface area contributed by atoms with Crippen LogP contribution in [0.2, 0.25) is 0 Å². The van der Waals surface area contributed by atoms with E-state index in [1.807, 2.05) is 24.1 Å². The normalized spacial score (nSPS) is 21.4. The number of rotatable bonds is 4. The molecular formula is C24H29N5O2. The molecule has 7 nitrogen and oxygen atoms in total.